The number of carbonyl (C=O) groups excluding carboxylic acids is 1. The van der Waals surface area contributed by atoms with Crippen molar-refractivity contribution in [2.45, 2.75) is 6.92 Å². The van der Waals surface area contributed by atoms with Gasteiger partial charge >= 0.3 is 0 Å². The maximum absolute atomic E-state index is 9.92. The molecule has 0 atom stereocenters. The molecule has 0 saturated heterocycles. The molecule has 0 aliphatic heterocycles. The summed E-state index contributed by atoms with van der Waals surface area (Å²) in [4.78, 5) is 13.5. The van der Waals surface area contributed by atoms with E-state index in [1.165, 1.54) is 6.08 Å². The van der Waals surface area contributed by atoms with E-state index in [1.54, 1.807) is 0 Å². The summed E-state index contributed by atoms with van der Waals surface area (Å²) in [6, 6.07) is 5.68. The van der Waals surface area contributed by atoms with E-state index in [0.717, 1.165) is 9.13 Å². The van der Waals surface area contributed by atoms with Gasteiger partial charge in [-0.2, -0.15) is 4.99 Å². The molecule has 1 rings (SSSR count). The molecule has 0 radical (unpaired) electrons. The van der Waals surface area contributed by atoms with Crippen LogP contribution in [0, 0.1) is 10.5 Å². The minimum absolute atomic E-state index is 0.695. The van der Waals surface area contributed by atoms with Crippen molar-refractivity contribution in [2.24, 2.45) is 4.99 Å². The van der Waals surface area contributed by atoms with Gasteiger partial charge in [0.05, 0.1) is 5.69 Å². The number of aryl methyl sites for hydroxylation is 1. The molecule has 0 heterocycles. The Morgan fingerprint density at radius 3 is 2.82 bits per heavy atom. The largest absolute Gasteiger partial charge is 0.240 e. The lowest BCUT2D eigenvalue weighted by atomic mass is 10.2. The van der Waals surface area contributed by atoms with E-state index < -0.39 is 0 Å². The molecule has 0 aromatic heterocycles. The average molecular weight is 259 g/mol. The fraction of sp³-hybridized carbons (Fsp3) is 0.125. The molecule has 0 aliphatic rings. The topological polar surface area (TPSA) is 29.4 Å². The van der Waals surface area contributed by atoms with Crippen molar-refractivity contribution in [1.82, 2.24) is 0 Å². The predicted molar refractivity (Wildman–Crippen MR) is 51.7 cm³/mol. The summed E-state index contributed by atoms with van der Waals surface area (Å²) < 4.78 is 1.14. The minimum atomic E-state index is 0.695. The summed E-state index contributed by atoms with van der Waals surface area (Å²) in [5, 5.41) is 0. The van der Waals surface area contributed by atoms with Gasteiger partial charge in [-0.25, -0.2) is 4.79 Å². The predicted octanol–water partition coefficient (Wildman–Crippen LogP) is 2.57. The van der Waals surface area contributed by atoms with Gasteiger partial charge in [-0.15, -0.1) is 0 Å². The molecule has 0 fully saturated rings. The smallest absolute Gasteiger partial charge is 0.211 e. The molecule has 0 saturated carbocycles. The van der Waals surface area contributed by atoms with Gasteiger partial charge in [0, 0.05) is 3.57 Å². The van der Waals surface area contributed by atoms with E-state index >= 15 is 0 Å². The van der Waals surface area contributed by atoms with E-state index in [-0.39, 0.29) is 0 Å². The zero-order valence-corrected chi connectivity index (χ0v) is 8.12. The van der Waals surface area contributed by atoms with Crippen LogP contribution in [0.3, 0.4) is 0 Å². The summed E-state index contributed by atoms with van der Waals surface area (Å²) in [5.41, 5.74) is 1.70. The van der Waals surface area contributed by atoms with E-state index in [9.17, 15) is 4.79 Å². The Kier molecular flexibility index (Phi) is 2.79. The van der Waals surface area contributed by atoms with Gasteiger partial charge < -0.3 is 0 Å². The lowest BCUT2D eigenvalue weighted by Gasteiger charge is -1.96. The van der Waals surface area contributed by atoms with Crippen LogP contribution in [-0.4, -0.2) is 6.08 Å². The van der Waals surface area contributed by atoms with Crippen LogP contribution < -0.4 is 0 Å². The standard InChI is InChI=1S/C8H6INO/c1-6-4-7(9)2-3-8(6)10-5-11/h2-4H,1H3. The van der Waals surface area contributed by atoms with E-state index in [0.29, 0.717) is 5.69 Å². The molecular weight excluding hydrogens is 253 g/mol. The highest BCUT2D eigenvalue weighted by Crippen LogP contribution is 2.19. The second kappa shape index (κ2) is 3.64. The van der Waals surface area contributed by atoms with Crippen molar-refractivity contribution in [3.63, 3.8) is 0 Å². The fourth-order valence-electron chi connectivity index (χ4n) is 0.793. The first-order valence-electron chi connectivity index (χ1n) is 3.08. The highest BCUT2D eigenvalue weighted by atomic mass is 127. The van der Waals surface area contributed by atoms with Crippen molar-refractivity contribution >= 4 is 34.4 Å². The molecule has 2 nitrogen and oxygen atoms in total. The van der Waals surface area contributed by atoms with E-state index in [4.69, 9.17) is 0 Å². The average Bonchev–Trinajstić information content (AvgIpc) is 1.95. The molecule has 3 heteroatoms. The first kappa shape index (κ1) is 8.43. The van der Waals surface area contributed by atoms with Crippen LogP contribution in [0.5, 0.6) is 0 Å². The van der Waals surface area contributed by atoms with Crippen molar-refractivity contribution < 1.29 is 4.79 Å². The number of hydrogen-bond acceptors (Lipinski definition) is 2. The lowest BCUT2D eigenvalue weighted by Crippen LogP contribution is -1.75. The third-order valence-electron chi connectivity index (χ3n) is 1.32. The van der Waals surface area contributed by atoms with Crippen LogP contribution in [0.2, 0.25) is 0 Å². The van der Waals surface area contributed by atoms with Crippen molar-refractivity contribution in [2.75, 3.05) is 0 Å². The number of benzene rings is 1. The Morgan fingerprint density at radius 2 is 2.27 bits per heavy atom. The molecular formula is C8H6INO. The zero-order valence-electron chi connectivity index (χ0n) is 5.97. The second-order valence-electron chi connectivity index (χ2n) is 2.13. The highest BCUT2D eigenvalue weighted by Gasteiger charge is 1.95. The molecule has 0 aliphatic carbocycles. The quantitative estimate of drug-likeness (QED) is 0.433. The van der Waals surface area contributed by atoms with Crippen LogP contribution in [-0.2, 0) is 4.79 Å². The fourth-order valence-corrected chi connectivity index (χ4v) is 1.44. The summed E-state index contributed by atoms with van der Waals surface area (Å²) in [6.45, 7) is 1.92. The number of aliphatic imine (C=N–C) groups is 1. The molecule has 0 amide bonds. The Labute approximate surface area is 78.5 Å². The molecule has 56 valence electrons. The SMILES string of the molecule is Cc1cc(I)ccc1N=C=O. The van der Waals surface area contributed by atoms with Crippen molar-refractivity contribution in [3.8, 4) is 0 Å². The van der Waals surface area contributed by atoms with Gasteiger partial charge in [-0.1, -0.05) is 0 Å². The first-order chi connectivity index (χ1) is 5.24. The molecule has 0 unspecified atom stereocenters. The number of nitrogens with zero attached hydrogens (tertiary/aromatic N) is 1. The lowest BCUT2D eigenvalue weighted by molar-refractivity contribution is 0.565. The highest BCUT2D eigenvalue weighted by molar-refractivity contribution is 14.1. The molecule has 0 bridgehead atoms. The third kappa shape index (κ3) is 2.13. The van der Waals surface area contributed by atoms with E-state index in [2.05, 4.69) is 27.6 Å². The first-order valence-corrected chi connectivity index (χ1v) is 4.16. The summed E-state index contributed by atoms with van der Waals surface area (Å²) in [7, 11) is 0. The number of rotatable bonds is 1. The summed E-state index contributed by atoms with van der Waals surface area (Å²) in [6.07, 6.45) is 1.52. The van der Waals surface area contributed by atoms with Gasteiger partial charge in [0.1, 0.15) is 0 Å². The van der Waals surface area contributed by atoms with Crippen molar-refractivity contribution in [3.05, 3.63) is 27.3 Å². The Morgan fingerprint density at radius 1 is 1.55 bits per heavy atom. The molecule has 1 aromatic carbocycles. The van der Waals surface area contributed by atoms with Crippen LogP contribution in [0.4, 0.5) is 5.69 Å². The molecule has 1 aromatic rings. The van der Waals surface area contributed by atoms with Gasteiger partial charge in [-0.05, 0) is 53.3 Å². The molecule has 0 spiro atoms. The molecule has 11 heavy (non-hydrogen) atoms. The van der Waals surface area contributed by atoms with Gasteiger partial charge in [0.2, 0.25) is 6.08 Å². The second-order valence-corrected chi connectivity index (χ2v) is 3.38. The Balaban J connectivity index is 3.19. The Hall–Kier alpha value is -0.670. The normalized spacial score (nSPS) is 8.91. The summed E-state index contributed by atoms with van der Waals surface area (Å²) >= 11 is 2.21. The van der Waals surface area contributed by atoms with Gasteiger partial charge in [-0.3, -0.25) is 0 Å². The number of isocyanates is 1. The number of hydrogen-bond donors (Lipinski definition) is 0. The van der Waals surface area contributed by atoms with Gasteiger partial charge in [0.15, 0.2) is 0 Å². The monoisotopic (exact) mass is 259 g/mol. The zero-order chi connectivity index (χ0) is 8.27. The van der Waals surface area contributed by atoms with Crippen molar-refractivity contribution in [1.29, 1.82) is 0 Å². The minimum Gasteiger partial charge on any atom is -0.211 e. The van der Waals surface area contributed by atoms with Crippen LogP contribution in [0.15, 0.2) is 23.2 Å². The number of halogens is 1. The molecule has 0 N–H and O–H groups in total. The van der Waals surface area contributed by atoms with Crippen LogP contribution in [0.25, 0.3) is 0 Å². The Bertz CT molecular complexity index is 316. The maximum atomic E-state index is 9.92. The third-order valence-corrected chi connectivity index (χ3v) is 2.00. The van der Waals surface area contributed by atoms with Gasteiger partial charge in [0.25, 0.3) is 0 Å². The maximum Gasteiger partial charge on any atom is 0.240 e. The van der Waals surface area contributed by atoms with Crippen LogP contribution in [0.1, 0.15) is 5.56 Å². The van der Waals surface area contributed by atoms with Crippen LogP contribution >= 0.6 is 22.6 Å². The summed E-state index contributed by atoms with van der Waals surface area (Å²) in [5.74, 6) is 0. The van der Waals surface area contributed by atoms with E-state index in [1.807, 2.05) is 25.1 Å².